The second-order valence-electron chi connectivity index (χ2n) is 36.6. The van der Waals surface area contributed by atoms with E-state index in [1.165, 1.54) is 135 Å². The minimum atomic E-state index is -2.09. The van der Waals surface area contributed by atoms with E-state index >= 15 is 0 Å². The number of carboxylic acid groups (broad SMARTS) is 1. The van der Waals surface area contributed by atoms with Crippen molar-refractivity contribution in [2.24, 2.45) is 20.7 Å². The van der Waals surface area contributed by atoms with Crippen LogP contribution in [0.4, 0.5) is 5.69 Å². The van der Waals surface area contributed by atoms with Gasteiger partial charge in [0.15, 0.2) is 5.71 Å². The van der Waals surface area contributed by atoms with E-state index in [1.54, 1.807) is 38.1 Å². The zero-order chi connectivity index (χ0) is 93.5. The minimum Gasteiger partial charge on any atom is -1.00 e. The Bertz CT molecular complexity index is 6490. The number of ether oxygens (including phenoxy) is 3. The Labute approximate surface area is 827 Å². The van der Waals surface area contributed by atoms with E-state index in [-0.39, 0.29) is 35.6 Å². The smallest absolute Gasteiger partial charge is 0.488 e. The monoisotopic (exact) mass is 2190 g/mol. The number of carboxylic acids is 1. The fourth-order valence-electron chi connectivity index (χ4n) is 16.9. The van der Waals surface area contributed by atoms with E-state index in [1.807, 2.05) is 31.3 Å². The molecule has 12 aromatic carbocycles. The maximum Gasteiger partial charge on any atom is 0.488 e. The molecule has 0 amide bonds. The number of hydrogen-bond donors (Lipinski definition) is 6. The number of halogens is 6. The summed E-state index contributed by atoms with van der Waals surface area (Å²) >= 11 is 14.8. The number of nitrogens with zero attached hydrogens (tertiary/aromatic N) is 5. The lowest BCUT2D eigenvalue weighted by molar-refractivity contribution is -0.462. The molecule has 0 bridgehead atoms. The second-order valence-corrected chi connectivity index (χ2v) is 46.2. The fraction of sp³-hybridized carbons (Fsp3) is 0.299. The van der Waals surface area contributed by atoms with Crippen LogP contribution < -0.4 is 39.0 Å². The number of benzene rings is 12. The number of carbonyl (C=O) groups is 1. The molecule has 7 N–H and O–H groups in total. The van der Waals surface area contributed by atoms with Gasteiger partial charge in [0.05, 0.1) is 28.8 Å². The van der Waals surface area contributed by atoms with Crippen LogP contribution in [0.3, 0.4) is 0 Å². The van der Waals surface area contributed by atoms with E-state index in [4.69, 9.17) is 50.2 Å². The van der Waals surface area contributed by atoms with Crippen LogP contribution in [0.1, 0.15) is 149 Å². The summed E-state index contributed by atoms with van der Waals surface area (Å²) < 4.78 is 25.1. The molecule has 0 fully saturated rings. The van der Waals surface area contributed by atoms with Crippen LogP contribution >= 0.6 is 93.0 Å². The van der Waals surface area contributed by atoms with Gasteiger partial charge in [-0.2, -0.15) is 0 Å². The third-order valence-corrected chi connectivity index (χ3v) is 29.5. The Hall–Kier alpha value is -8.48. The zero-order valence-electron chi connectivity index (χ0n) is 77.7. The van der Waals surface area contributed by atoms with E-state index in [0.29, 0.717) is 37.4 Å². The van der Waals surface area contributed by atoms with E-state index in [2.05, 4.69) is 393 Å². The summed E-state index contributed by atoms with van der Waals surface area (Å²) in [5.74, 6) is 1.31. The summed E-state index contributed by atoms with van der Waals surface area (Å²) in [6, 6.07) is 70.9. The van der Waals surface area contributed by atoms with Gasteiger partial charge in [-0.3, -0.25) is 0 Å². The minimum absolute atomic E-state index is 0. The molecule has 130 heavy (non-hydrogen) atoms. The number of rotatable bonds is 16. The summed E-state index contributed by atoms with van der Waals surface area (Å²) in [7, 11) is 6.91. The second kappa shape index (κ2) is 43.2. The average molecular weight is 2200 g/mol. The Kier molecular flexibility index (Phi) is 33.9. The number of aliphatic imine (C=N–C) groups is 3. The highest BCUT2D eigenvalue weighted by molar-refractivity contribution is 14.1. The first-order chi connectivity index (χ1) is 61.1. The number of hydrogen-bond acceptors (Lipinski definition) is 13. The topological polar surface area (TPSA) is 207 Å². The van der Waals surface area contributed by atoms with Gasteiger partial charge in [-0.25, -0.2) is 24.3 Å². The molecule has 0 saturated carbocycles. The number of aromatic carboxylic acids is 1. The zero-order valence-corrected chi connectivity index (χ0v) is 88.6. The lowest BCUT2D eigenvalue weighted by Crippen LogP contribution is -3.00. The van der Waals surface area contributed by atoms with Crippen molar-refractivity contribution in [2.45, 2.75) is 151 Å². The van der Waals surface area contributed by atoms with Crippen LogP contribution in [-0.2, 0) is 46.4 Å². The van der Waals surface area contributed by atoms with Crippen molar-refractivity contribution in [3.63, 3.8) is 0 Å². The van der Waals surface area contributed by atoms with Crippen molar-refractivity contribution in [1.82, 2.24) is 5.32 Å². The Balaban J connectivity index is 0.000000177. The maximum atomic E-state index is 10.5. The van der Waals surface area contributed by atoms with Crippen LogP contribution in [0.15, 0.2) is 258 Å². The normalized spacial score (nSPS) is 15.1. The van der Waals surface area contributed by atoms with E-state index < -0.39 is 26.7 Å². The number of aliphatic hydroxyl groups is 1. The molecule has 17 rings (SSSR count). The fourth-order valence-corrected chi connectivity index (χ4v) is 23.7. The Morgan fingerprint density at radius 3 is 1.35 bits per heavy atom. The molecule has 23 heteroatoms. The van der Waals surface area contributed by atoms with Crippen LogP contribution in [0.2, 0.25) is 13.1 Å². The molecule has 1 aliphatic carbocycles. The number of aliphatic hydroxyl groups excluding tert-OH is 1. The Morgan fingerprint density at radius 1 is 0.538 bits per heavy atom. The maximum absolute atomic E-state index is 10.5. The third kappa shape index (κ3) is 24.2. The first-order valence-corrected chi connectivity index (χ1v) is 51.4. The van der Waals surface area contributed by atoms with Crippen molar-refractivity contribution in [1.29, 1.82) is 0 Å². The first kappa shape index (κ1) is 102. The average Bonchev–Trinajstić information content (AvgIpc) is 0.765. The third-order valence-electron chi connectivity index (χ3n) is 23.3. The highest BCUT2D eigenvalue weighted by Gasteiger charge is 2.41. The highest BCUT2D eigenvalue weighted by Crippen LogP contribution is 2.46. The molecule has 5 aliphatic rings. The lowest BCUT2D eigenvalue weighted by Gasteiger charge is -2.38. The largest absolute Gasteiger partial charge is 1.00 e. The summed E-state index contributed by atoms with van der Waals surface area (Å²) in [5.41, 5.74) is 27.3. The van der Waals surface area contributed by atoms with Crippen molar-refractivity contribution in [3.8, 4) is 22.3 Å². The molecule has 0 saturated heterocycles. The molecule has 4 heterocycles. The van der Waals surface area contributed by atoms with Crippen LogP contribution in [-0.4, -0.2) is 153 Å². The summed E-state index contributed by atoms with van der Waals surface area (Å²) in [4.78, 5) is 27.1. The van der Waals surface area contributed by atoms with Crippen LogP contribution in [0.25, 0.3) is 70.9 Å². The van der Waals surface area contributed by atoms with Crippen molar-refractivity contribution in [2.75, 3.05) is 66.6 Å². The molecular formula is C107H118BBr3ClI2N7O8Si. The van der Waals surface area contributed by atoms with E-state index in [9.17, 15) is 4.79 Å². The van der Waals surface area contributed by atoms with Gasteiger partial charge in [-0.15, -0.1) is 0 Å². The number of anilines is 1. The van der Waals surface area contributed by atoms with Gasteiger partial charge in [-0.1, -0.05) is 192 Å². The molecule has 678 valence electrons. The summed E-state index contributed by atoms with van der Waals surface area (Å²) in [6.07, 6.45) is 11.1. The lowest BCUT2D eigenvalue weighted by atomic mass is 9.77. The summed E-state index contributed by atoms with van der Waals surface area (Å²) in [5, 5.41) is 51.7. The van der Waals surface area contributed by atoms with Gasteiger partial charge in [0.2, 0.25) is 17.7 Å². The molecule has 0 unspecified atom stereocenters. The number of nitrogens with one attached hydrogen (secondary N) is 1. The first-order valence-electron chi connectivity index (χ1n) is 43.8. The van der Waals surface area contributed by atoms with Gasteiger partial charge in [0, 0.05) is 81.3 Å². The predicted octanol–water partition coefficient (Wildman–Crippen LogP) is 20.2. The van der Waals surface area contributed by atoms with Crippen LogP contribution in [0.5, 0.6) is 0 Å². The standard InChI is InChI=1S/C48H52N3OSi.C29H28BrNO.C11H11BrINO.C8H12BNO2.C7H4BrIO2.C4H11NO.ClH/c1-11-36-38-15-13-14-16-39(38)37(12-2)43-26-30(17-20-40(36)43)31-23-32(25-33(24-31)47-49-48(3,4)29-52-47)46-41-21-18-34(50(5)6)27-44(41)53(9,10)45-28-35(51(7)8)19-22-42(45)46;1-5-22-24-9-7-8-10-25(24)23(6-2)27-16-18(11-12-26(22)27)19-13-20(15-21(30)14-19)28-31-29(3,4)17-32-28;1-11(2)6-15-10(14-11)7-3-8(12)5-9(13)4-7;1-10-6-7-4-2-3-5-8(7)9(11)12;8-5-1-4(7(10)11)2-6(9)3-5;1-4(2,5)3-6;/h13-28H,11-12,29H2,1-10H3;7-16H,5-6,17H2,1-4H3;3-5H,6H2,1-2H3;2-5,10-12H,6H2,1H3;1-3H,(H,10,11);6H,3,5H2,1-2H3;1H/q+1;;;;;;/p-1. The van der Waals surface area contributed by atoms with Gasteiger partial charge in [0.1, 0.15) is 42.0 Å². The van der Waals surface area contributed by atoms with Gasteiger partial charge >= 0.3 is 13.1 Å². The van der Waals surface area contributed by atoms with Gasteiger partial charge in [0.25, 0.3) is 0 Å². The molecule has 0 radical (unpaired) electrons. The van der Waals surface area contributed by atoms with Crippen molar-refractivity contribution in [3.05, 3.63) is 311 Å². The highest BCUT2D eigenvalue weighted by atomic mass is 127. The Morgan fingerprint density at radius 2 is 0.938 bits per heavy atom. The molecule has 15 nitrogen and oxygen atoms in total. The van der Waals surface area contributed by atoms with Crippen molar-refractivity contribution < 1.29 is 56.2 Å². The molecule has 4 aliphatic heterocycles. The summed E-state index contributed by atoms with van der Waals surface area (Å²) in [6.45, 7) is 32.8. The SMILES string of the molecule is CC(C)(N)CO.CC1(C)COC(c2cc(Br)cc(I)c2)=N1.CCc1c2ccccc2c(CC)c2cc(-c3cc(Br)cc(C4=NC(C)(C)CO4)c3)ccc12.CCc1c2ccccc2c(CC)c2cc(-c3cc(C4=NC(C)(C)CO4)cc(C4=C5C=CC(=[N+](C)C)C=C5[Si](C)(C)c5cc(N(C)C)ccc54)c3)ccc12.CNCc1ccccc1B(O)O.O=C(O)c1cc(Br)cc(I)c1.[Cl-]. The van der Waals surface area contributed by atoms with Gasteiger partial charge < -0.3 is 62.8 Å². The number of nitrogens with two attached hydrogens (primary N) is 1. The van der Waals surface area contributed by atoms with Crippen LogP contribution in [0, 0.1) is 7.14 Å². The van der Waals surface area contributed by atoms with Gasteiger partial charge in [-0.05, 0) is 368 Å². The molecule has 0 aromatic heterocycles. The molecule has 0 atom stereocenters. The number of aryl methyl sites for hydroxylation is 4. The molecule has 12 aromatic rings. The van der Waals surface area contributed by atoms with E-state index in [0.717, 1.165) is 82.6 Å². The predicted molar refractivity (Wildman–Crippen MR) is 572 cm³/mol. The molecule has 0 spiro atoms. The van der Waals surface area contributed by atoms with Crippen molar-refractivity contribution >= 4 is 203 Å². The quantitative estimate of drug-likeness (QED) is 0.0232. The molecular weight excluding hydrogens is 2080 g/mol. The number of fused-ring (bicyclic) bond motifs is 6. The number of allylic oxidation sites excluding steroid dienone is 5.